The summed E-state index contributed by atoms with van der Waals surface area (Å²) >= 11 is 0. The number of hydrogen-bond acceptors (Lipinski definition) is 2. The Balaban J connectivity index is 1.56. The predicted octanol–water partition coefficient (Wildman–Crippen LogP) is 3.71. The molecule has 4 heteroatoms. The number of piperidine rings is 1. The molecule has 1 aromatic heterocycles. The van der Waals surface area contributed by atoms with E-state index in [0.29, 0.717) is 11.5 Å². The summed E-state index contributed by atoms with van der Waals surface area (Å²) in [5.41, 5.74) is 1.81. The second kappa shape index (κ2) is 7.36. The molecule has 1 aromatic carbocycles. The van der Waals surface area contributed by atoms with Gasteiger partial charge in [0.05, 0.1) is 5.56 Å². The summed E-state index contributed by atoms with van der Waals surface area (Å²) in [5, 5.41) is 0. The molecule has 2 aromatic rings. The molecule has 2 heterocycles. The molecule has 0 spiro atoms. The number of nitrogens with zero attached hydrogens (tertiary/aromatic N) is 2. The molecule has 0 bridgehead atoms. The fraction of sp³-hybridized carbons (Fsp3) is 0.368. The van der Waals surface area contributed by atoms with Crippen LogP contribution >= 0.6 is 0 Å². The summed E-state index contributed by atoms with van der Waals surface area (Å²) in [5.74, 6) is 0.388. The third kappa shape index (κ3) is 4.15. The van der Waals surface area contributed by atoms with E-state index in [2.05, 4.69) is 4.98 Å². The Bertz CT molecular complexity index is 642. The fourth-order valence-electron chi connectivity index (χ4n) is 3.18. The van der Waals surface area contributed by atoms with Gasteiger partial charge in [0, 0.05) is 25.5 Å². The molecule has 23 heavy (non-hydrogen) atoms. The van der Waals surface area contributed by atoms with Crippen LogP contribution in [0, 0.1) is 11.7 Å². The van der Waals surface area contributed by atoms with Gasteiger partial charge >= 0.3 is 0 Å². The molecule has 1 aliphatic rings. The van der Waals surface area contributed by atoms with Crippen molar-refractivity contribution in [1.82, 2.24) is 9.88 Å². The quantitative estimate of drug-likeness (QED) is 0.862. The second-order valence-electron chi connectivity index (χ2n) is 6.17. The molecule has 0 N–H and O–H groups in total. The SMILES string of the molecule is O=C(c1cccnc1)N1CCC[C@@H](CCc2ccc(F)cc2)C1. The molecule has 3 nitrogen and oxygen atoms in total. The molecular formula is C19H21FN2O. The lowest BCUT2D eigenvalue weighted by molar-refractivity contribution is 0.0668. The van der Waals surface area contributed by atoms with Gasteiger partial charge in [0.1, 0.15) is 5.82 Å². The van der Waals surface area contributed by atoms with E-state index >= 15 is 0 Å². The molecule has 1 saturated heterocycles. The number of pyridine rings is 1. The van der Waals surface area contributed by atoms with Gasteiger partial charge in [0.25, 0.3) is 5.91 Å². The number of aromatic nitrogens is 1. The van der Waals surface area contributed by atoms with Gasteiger partial charge in [0.2, 0.25) is 0 Å². The van der Waals surface area contributed by atoms with Crippen LogP contribution in [0.15, 0.2) is 48.8 Å². The van der Waals surface area contributed by atoms with Crippen molar-refractivity contribution in [2.75, 3.05) is 13.1 Å². The first-order valence-electron chi connectivity index (χ1n) is 8.16. The van der Waals surface area contributed by atoms with E-state index in [1.165, 1.54) is 12.1 Å². The van der Waals surface area contributed by atoms with Crippen molar-refractivity contribution < 1.29 is 9.18 Å². The normalized spacial score (nSPS) is 18.0. The third-order valence-electron chi connectivity index (χ3n) is 4.47. The van der Waals surface area contributed by atoms with Crippen LogP contribution in [0.3, 0.4) is 0 Å². The zero-order chi connectivity index (χ0) is 16.1. The lowest BCUT2D eigenvalue weighted by atomic mass is 9.91. The average molecular weight is 312 g/mol. The zero-order valence-corrected chi connectivity index (χ0v) is 13.1. The third-order valence-corrected chi connectivity index (χ3v) is 4.47. The smallest absolute Gasteiger partial charge is 0.255 e. The Hall–Kier alpha value is -2.23. The maximum absolute atomic E-state index is 12.9. The zero-order valence-electron chi connectivity index (χ0n) is 13.1. The summed E-state index contributed by atoms with van der Waals surface area (Å²) in [6.07, 6.45) is 7.46. The van der Waals surface area contributed by atoms with Crippen LogP contribution in [0.2, 0.25) is 0 Å². The van der Waals surface area contributed by atoms with Gasteiger partial charge in [-0.05, 0) is 61.4 Å². The van der Waals surface area contributed by atoms with Gasteiger partial charge in [-0.2, -0.15) is 0 Å². The van der Waals surface area contributed by atoms with Crippen molar-refractivity contribution in [1.29, 1.82) is 0 Å². The van der Waals surface area contributed by atoms with Crippen LogP contribution in [0.1, 0.15) is 35.2 Å². The lowest BCUT2D eigenvalue weighted by Crippen LogP contribution is -2.40. The number of amides is 1. The van der Waals surface area contributed by atoms with E-state index in [9.17, 15) is 9.18 Å². The van der Waals surface area contributed by atoms with E-state index in [-0.39, 0.29) is 11.7 Å². The highest BCUT2D eigenvalue weighted by atomic mass is 19.1. The molecule has 3 rings (SSSR count). The van der Waals surface area contributed by atoms with Gasteiger partial charge in [0.15, 0.2) is 0 Å². The van der Waals surface area contributed by atoms with Gasteiger partial charge in [-0.25, -0.2) is 4.39 Å². The van der Waals surface area contributed by atoms with Crippen LogP contribution in [-0.4, -0.2) is 28.9 Å². The van der Waals surface area contributed by atoms with Gasteiger partial charge in [-0.1, -0.05) is 12.1 Å². The predicted molar refractivity (Wildman–Crippen MR) is 87.6 cm³/mol. The summed E-state index contributed by atoms with van der Waals surface area (Å²) in [7, 11) is 0. The highest BCUT2D eigenvalue weighted by Crippen LogP contribution is 2.23. The number of halogens is 1. The first kappa shape index (κ1) is 15.7. The monoisotopic (exact) mass is 312 g/mol. The standard InChI is InChI=1S/C19H21FN2O/c20-18-9-7-15(8-10-18)5-6-16-3-2-12-22(14-16)19(23)17-4-1-11-21-13-17/h1,4,7-11,13,16H,2-3,5-6,12,14H2/t16-/m0/s1. The van der Waals surface area contributed by atoms with Crippen molar-refractivity contribution in [3.63, 3.8) is 0 Å². The van der Waals surface area contributed by atoms with Crippen molar-refractivity contribution >= 4 is 5.91 Å². The van der Waals surface area contributed by atoms with Crippen molar-refractivity contribution in [2.45, 2.75) is 25.7 Å². The molecule has 0 unspecified atom stereocenters. The van der Waals surface area contributed by atoms with E-state index in [4.69, 9.17) is 0 Å². The maximum atomic E-state index is 12.9. The largest absolute Gasteiger partial charge is 0.338 e. The molecule has 1 atom stereocenters. The summed E-state index contributed by atoms with van der Waals surface area (Å²) in [4.78, 5) is 18.5. The Morgan fingerprint density at radius 3 is 2.83 bits per heavy atom. The van der Waals surface area contributed by atoms with Crippen LogP contribution in [0.25, 0.3) is 0 Å². The minimum atomic E-state index is -0.195. The Morgan fingerprint density at radius 1 is 1.26 bits per heavy atom. The van der Waals surface area contributed by atoms with Crippen molar-refractivity contribution in [3.05, 3.63) is 65.7 Å². The first-order chi connectivity index (χ1) is 11.2. The molecule has 1 aliphatic heterocycles. The molecule has 0 aliphatic carbocycles. The van der Waals surface area contributed by atoms with Crippen molar-refractivity contribution in [3.8, 4) is 0 Å². The topological polar surface area (TPSA) is 33.2 Å². The van der Waals surface area contributed by atoms with Gasteiger partial charge < -0.3 is 4.90 Å². The summed E-state index contributed by atoms with van der Waals surface area (Å²) < 4.78 is 12.9. The van der Waals surface area contributed by atoms with Crippen LogP contribution < -0.4 is 0 Å². The minimum absolute atomic E-state index is 0.0737. The van der Waals surface area contributed by atoms with Gasteiger partial charge in [-0.3, -0.25) is 9.78 Å². The second-order valence-corrected chi connectivity index (χ2v) is 6.17. The highest BCUT2D eigenvalue weighted by Gasteiger charge is 2.24. The Kier molecular flexibility index (Phi) is 5.01. The number of likely N-dealkylation sites (tertiary alicyclic amines) is 1. The highest BCUT2D eigenvalue weighted by molar-refractivity contribution is 5.93. The summed E-state index contributed by atoms with van der Waals surface area (Å²) in [6.45, 7) is 1.62. The van der Waals surface area contributed by atoms with Crippen LogP contribution in [0.4, 0.5) is 4.39 Å². The molecule has 120 valence electrons. The summed E-state index contributed by atoms with van der Waals surface area (Å²) in [6, 6.07) is 10.3. The molecule has 0 saturated carbocycles. The minimum Gasteiger partial charge on any atom is -0.338 e. The molecule has 1 fully saturated rings. The van der Waals surface area contributed by atoms with E-state index in [1.807, 2.05) is 23.1 Å². The number of hydrogen-bond donors (Lipinski definition) is 0. The fourth-order valence-corrected chi connectivity index (χ4v) is 3.18. The molecular weight excluding hydrogens is 291 g/mol. The van der Waals surface area contributed by atoms with Gasteiger partial charge in [-0.15, -0.1) is 0 Å². The molecule has 0 radical (unpaired) electrons. The first-order valence-corrected chi connectivity index (χ1v) is 8.16. The van der Waals surface area contributed by atoms with Crippen molar-refractivity contribution in [2.24, 2.45) is 5.92 Å². The number of benzene rings is 1. The van der Waals surface area contributed by atoms with E-state index in [0.717, 1.165) is 44.3 Å². The van der Waals surface area contributed by atoms with Crippen LogP contribution in [0.5, 0.6) is 0 Å². The molecule has 1 amide bonds. The lowest BCUT2D eigenvalue weighted by Gasteiger charge is -2.33. The Morgan fingerprint density at radius 2 is 2.09 bits per heavy atom. The van der Waals surface area contributed by atoms with E-state index < -0.39 is 0 Å². The Labute approximate surface area is 136 Å². The number of carbonyl (C=O) groups excluding carboxylic acids is 1. The van der Waals surface area contributed by atoms with E-state index in [1.54, 1.807) is 18.5 Å². The number of rotatable bonds is 4. The number of aryl methyl sites for hydroxylation is 1. The number of carbonyl (C=O) groups is 1. The average Bonchev–Trinajstić information content (AvgIpc) is 2.61. The van der Waals surface area contributed by atoms with Crippen LogP contribution in [-0.2, 0) is 6.42 Å². The maximum Gasteiger partial charge on any atom is 0.255 e.